The largest absolute Gasteiger partial charge is 0.399 e. The Kier molecular flexibility index (Phi) is 5.54. The van der Waals surface area contributed by atoms with E-state index in [0.29, 0.717) is 5.69 Å². The highest BCUT2D eigenvalue weighted by molar-refractivity contribution is 7.89. The van der Waals surface area contributed by atoms with Crippen molar-refractivity contribution in [1.82, 2.24) is 4.31 Å². The Bertz CT molecular complexity index is 476. The number of nitrogen functional groups attached to an aromatic ring is 1. The molecular formula is C11H18N2O4S. The molecule has 1 aromatic rings. The van der Waals surface area contributed by atoms with E-state index in [1.54, 1.807) is 12.1 Å². The molecule has 0 saturated heterocycles. The number of rotatable bonds is 7. The molecule has 0 saturated carbocycles. The second-order valence-corrected chi connectivity index (χ2v) is 5.63. The van der Waals surface area contributed by atoms with E-state index in [9.17, 15) is 8.42 Å². The highest BCUT2D eigenvalue weighted by Gasteiger charge is 2.23. The summed E-state index contributed by atoms with van der Waals surface area (Å²) < 4.78 is 30.6. The van der Waals surface area contributed by atoms with Gasteiger partial charge in [-0.15, -0.1) is 0 Å². The number of ether oxygens (including phenoxy) is 1. The molecular weight excluding hydrogens is 256 g/mol. The fraction of sp³-hybridized carbons (Fsp3) is 0.455. The van der Waals surface area contributed by atoms with E-state index in [1.807, 2.05) is 0 Å². The van der Waals surface area contributed by atoms with Crippen LogP contribution in [0.2, 0.25) is 0 Å². The Balaban J connectivity index is 3.00. The molecule has 102 valence electrons. The summed E-state index contributed by atoms with van der Waals surface area (Å²) in [6.45, 7) is 0.238. The maximum atomic E-state index is 12.3. The fourth-order valence-electron chi connectivity index (χ4n) is 1.48. The molecule has 6 nitrogen and oxygen atoms in total. The predicted molar refractivity (Wildman–Crippen MR) is 68.6 cm³/mol. The van der Waals surface area contributed by atoms with Crippen molar-refractivity contribution < 1.29 is 18.3 Å². The molecule has 0 aromatic heterocycles. The molecule has 7 heteroatoms. The van der Waals surface area contributed by atoms with Crippen LogP contribution in [0.3, 0.4) is 0 Å². The van der Waals surface area contributed by atoms with Crippen molar-refractivity contribution in [3.63, 3.8) is 0 Å². The fourth-order valence-corrected chi connectivity index (χ4v) is 2.95. The summed E-state index contributed by atoms with van der Waals surface area (Å²) in [5, 5.41) is 8.93. The minimum Gasteiger partial charge on any atom is -0.399 e. The van der Waals surface area contributed by atoms with Gasteiger partial charge in [-0.1, -0.05) is 6.07 Å². The van der Waals surface area contributed by atoms with E-state index in [0.717, 1.165) is 0 Å². The Labute approximate surface area is 107 Å². The van der Waals surface area contributed by atoms with Gasteiger partial charge in [0.15, 0.2) is 0 Å². The van der Waals surface area contributed by atoms with Crippen molar-refractivity contribution >= 4 is 15.7 Å². The Morgan fingerprint density at radius 3 is 2.67 bits per heavy atom. The number of hydrogen-bond donors (Lipinski definition) is 2. The van der Waals surface area contributed by atoms with Gasteiger partial charge in [-0.05, 0) is 18.2 Å². The van der Waals surface area contributed by atoms with Gasteiger partial charge in [0.2, 0.25) is 10.0 Å². The Hall–Kier alpha value is -1.15. The molecule has 0 radical (unpaired) electrons. The number of nitrogens with zero attached hydrogens (tertiary/aromatic N) is 1. The zero-order valence-corrected chi connectivity index (χ0v) is 11.1. The molecule has 0 atom stereocenters. The molecule has 1 aromatic carbocycles. The van der Waals surface area contributed by atoms with E-state index in [4.69, 9.17) is 15.6 Å². The van der Waals surface area contributed by atoms with E-state index in [2.05, 4.69) is 0 Å². The SMILES string of the molecule is COCCN(CCO)S(=O)(=O)c1cccc(N)c1. The summed E-state index contributed by atoms with van der Waals surface area (Å²) in [5.74, 6) is 0. The van der Waals surface area contributed by atoms with E-state index in [-0.39, 0.29) is 31.2 Å². The van der Waals surface area contributed by atoms with Gasteiger partial charge in [0.25, 0.3) is 0 Å². The molecule has 0 aliphatic heterocycles. The normalized spacial score (nSPS) is 11.9. The predicted octanol–water partition coefficient (Wildman–Crippen LogP) is -0.102. The van der Waals surface area contributed by atoms with Crippen LogP contribution in [-0.2, 0) is 14.8 Å². The van der Waals surface area contributed by atoms with Crippen LogP contribution in [0.4, 0.5) is 5.69 Å². The number of anilines is 1. The minimum atomic E-state index is -3.64. The molecule has 0 heterocycles. The zero-order valence-electron chi connectivity index (χ0n) is 10.2. The molecule has 0 bridgehead atoms. The van der Waals surface area contributed by atoms with Gasteiger partial charge in [-0.3, -0.25) is 0 Å². The summed E-state index contributed by atoms with van der Waals surface area (Å²) in [7, 11) is -2.15. The third-order valence-corrected chi connectivity index (χ3v) is 4.28. The number of sulfonamides is 1. The lowest BCUT2D eigenvalue weighted by Gasteiger charge is -2.21. The van der Waals surface area contributed by atoms with Gasteiger partial charge < -0.3 is 15.6 Å². The van der Waals surface area contributed by atoms with Crippen LogP contribution in [-0.4, -0.2) is 51.2 Å². The maximum Gasteiger partial charge on any atom is 0.243 e. The van der Waals surface area contributed by atoms with Crippen LogP contribution in [0.25, 0.3) is 0 Å². The number of aliphatic hydroxyl groups is 1. The summed E-state index contributed by atoms with van der Waals surface area (Å²) in [6, 6.07) is 6.07. The Morgan fingerprint density at radius 2 is 2.11 bits per heavy atom. The molecule has 0 unspecified atom stereocenters. The highest BCUT2D eigenvalue weighted by Crippen LogP contribution is 2.17. The lowest BCUT2D eigenvalue weighted by atomic mass is 10.3. The lowest BCUT2D eigenvalue weighted by Crippen LogP contribution is -2.36. The van der Waals surface area contributed by atoms with Gasteiger partial charge >= 0.3 is 0 Å². The first kappa shape index (κ1) is 14.9. The average Bonchev–Trinajstić information content (AvgIpc) is 2.34. The topological polar surface area (TPSA) is 92.9 Å². The second kappa shape index (κ2) is 6.69. The van der Waals surface area contributed by atoms with Gasteiger partial charge in [-0.2, -0.15) is 4.31 Å². The van der Waals surface area contributed by atoms with Gasteiger partial charge in [0.05, 0.1) is 18.1 Å². The first-order chi connectivity index (χ1) is 8.52. The number of hydrogen-bond acceptors (Lipinski definition) is 5. The van der Waals surface area contributed by atoms with Crippen LogP contribution in [0, 0.1) is 0 Å². The average molecular weight is 274 g/mol. The first-order valence-corrected chi connectivity index (χ1v) is 6.92. The standard InChI is InChI=1S/C11H18N2O4S/c1-17-8-6-13(5-7-14)18(15,16)11-4-2-3-10(12)9-11/h2-4,9,14H,5-8,12H2,1H3. The number of benzene rings is 1. The van der Waals surface area contributed by atoms with Crippen LogP contribution in [0.5, 0.6) is 0 Å². The first-order valence-electron chi connectivity index (χ1n) is 5.48. The zero-order chi connectivity index (χ0) is 13.6. The van der Waals surface area contributed by atoms with Crippen molar-refractivity contribution in [3.05, 3.63) is 24.3 Å². The molecule has 0 aliphatic rings. The van der Waals surface area contributed by atoms with Crippen molar-refractivity contribution in [3.8, 4) is 0 Å². The monoisotopic (exact) mass is 274 g/mol. The highest BCUT2D eigenvalue weighted by atomic mass is 32.2. The van der Waals surface area contributed by atoms with Crippen LogP contribution in [0.1, 0.15) is 0 Å². The van der Waals surface area contributed by atoms with Crippen molar-refractivity contribution in [1.29, 1.82) is 0 Å². The lowest BCUT2D eigenvalue weighted by molar-refractivity contribution is 0.168. The summed E-state index contributed by atoms with van der Waals surface area (Å²) in [4.78, 5) is 0.118. The number of methoxy groups -OCH3 is 1. The summed E-state index contributed by atoms with van der Waals surface area (Å²) >= 11 is 0. The van der Waals surface area contributed by atoms with Crippen LogP contribution < -0.4 is 5.73 Å². The van der Waals surface area contributed by atoms with Crippen molar-refractivity contribution in [2.24, 2.45) is 0 Å². The van der Waals surface area contributed by atoms with Gasteiger partial charge in [0.1, 0.15) is 0 Å². The molecule has 0 amide bonds. The minimum absolute atomic E-state index is 0.0283. The van der Waals surface area contributed by atoms with Crippen LogP contribution >= 0.6 is 0 Å². The van der Waals surface area contributed by atoms with E-state index >= 15 is 0 Å². The summed E-state index contributed by atoms with van der Waals surface area (Å²) in [6.07, 6.45) is 0. The molecule has 1 rings (SSSR count). The van der Waals surface area contributed by atoms with E-state index in [1.165, 1.54) is 23.5 Å². The number of nitrogens with two attached hydrogens (primary N) is 1. The molecule has 0 fully saturated rings. The molecule has 3 N–H and O–H groups in total. The van der Waals surface area contributed by atoms with Gasteiger partial charge in [0, 0.05) is 25.9 Å². The van der Waals surface area contributed by atoms with Gasteiger partial charge in [-0.25, -0.2) is 8.42 Å². The smallest absolute Gasteiger partial charge is 0.243 e. The molecule has 0 spiro atoms. The quantitative estimate of drug-likeness (QED) is 0.677. The summed E-state index contributed by atoms with van der Waals surface area (Å²) in [5.41, 5.74) is 5.95. The maximum absolute atomic E-state index is 12.3. The third kappa shape index (κ3) is 3.67. The van der Waals surface area contributed by atoms with Crippen LogP contribution in [0.15, 0.2) is 29.2 Å². The van der Waals surface area contributed by atoms with Crippen molar-refractivity contribution in [2.75, 3.05) is 39.1 Å². The number of aliphatic hydroxyl groups excluding tert-OH is 1. The van der Waals surface area contributed by atoms with E-state index < -0.39 is 10.0 Å². The second-order valence-electron chi connectivity index (χ2n) is 3.69. The Morgan fingerprint density at radius 1 is 1.39 bits per heavy atom. The molecule has 0 aliphatic carbocycles. The van der Waals surface area contributed by atoms with Crippen molar-refractivity contribution in [2.45, 2.75) is 4.90 Å². The third-order valence-electron chi connectivity index (χ3n) is 2.39. The molecule has 18 heavy (non-hydrogen) atoms.